The second-order valence-electron chi connectivity index (χ2n) is 5.88. The van der Waals surface area contributed by atoms with Gasteiger partial charge in [-0.2, -0.15) is 0 Å². The first-order valence-electron chi connectivity index (χ1n) is 6.50. The van der Waals surface area contributed by atoms with Crippen molar-refractivity contribution in [1.29, 1.82) is 0 Å². The zero-order chi connectivity index (χ0) is 15.6. The fourth-order valence-corrected chi connectivity index (χ4v) is 3.18. The van der Waals surface area contributed by atoms with E-state index in [1.807, 2.05) is 0 Å². The Labute approximate surface area is 119 Å². The van der Waals surface area contributed by atoms with Crippen molar-refractivity contribution in [2.75, 3.05) is 19.3 Å². The number of carbonyl (C=O) groups is 2. The summed E-state index contributed by atoms with van der Waals surface area (Å²) in [6.45, 7) is 3.97. The monoisotopic (exact) mass is 306 g/mol. The summed E-state index contributed by atoms with van der Waals surface area (Å²) in [4.78, 5) is 22.8. The van der Waals surface area contributed by atoms with E-state index >= 15 is 0 Å². The summed E-state index contributed by atoms with van der Waals surface area (Å²) in [6.07, 6.45) is 1.93. The zero-order valence-corrected chi connectivity index (χ0v) is 12.9. The van der Waals surface area contributed by atoms with Crippen LogP contribution in [-0.2, 0) is 19.6 Å². The maximum atomic E-state index is 12.1. The minimum Gasteiger partial charge on any atom is -0.481 e. The van der Waals surface area contributed by atoms with E-state index in [1.54, 1.807) is 13.8 Å². The van der Waals surface area contributed by atoms with Gasteiger partial charge >= 0.3 is 5.97 Å². The van der Waals surface area contributed by atoms with Crippen molar-refractivity contribution in [3.05, 3.63) is 0 Å². The van der Waals surface area contributed by atoms with Crippen LogP contribution < -0.4 is 5.32 Å². The predicted molar refractivity (Wildman–Crippen MR) is 73.6 cm³/mol. The summed E-state index contributed by atoms with van der Waals surface area (Å²) in [5.41, 5.74) is -0.809. The number of nitrogens with zero attached hydrogens (tertiary/aromatic N) is 1. The van der Waals surface area contributed by atoms with E-state index in [1.165, 1.54) is 4.31 Å². The summed E-state index contributed by atoms with van der Waals surface area (Å²) in [5.74, 6) is -1.44. The van der Waals surface area contributed by atoms with Crippen LogP contribution in [0.5, 0.6) is 0 Å². The van der Waals surface area contributed by atoms with Crippen molar-refractivity contribution in [2.45, 2.75) is 38.6 Å². The Morgan fingerprint density at radius 1 is 1.30 bits per heavy atom. The van der Waals surface area contributed by atoms with E-state index < -0.39 is 21.5 Å². The fourth-order valence-electron chi connectivity index (χ4n) is 2.31. The molecule has 116 valence electrons. The number of carboxylic acid groups (broad SMARTS) is 1. The standard InChI is InChI=1S/C12H22N2O5S/c1-12(2,8-10(15)16)13-11(17)9-4-6-14(7-5-9)20(3,18)19/h9H,4-8H2,1-3H3,(H,13,17)(H,15,16). The molecule has 0 aromatic carbocycles. The summed E-state index contributed by atoms with van der Waals surface area (Å²) in [6, 6.07) is 0. The normalized spacial score (nSPS) is 18.8. The number of sulfonamides is 1. The number of carboxylic acids is 1. The lowest BCUT2D eigenvalue weighted by atomic mass is 9.94. The Hall–Kier alpha value is -1.15. The number of aliphatic carboxylic acids is 1. The van der Waals surface area contributed by atoms with E-state index in [2.05, 4.69) is 5.32 Å². The molecule has 1 saturated heterocycles. The molecule has 0 saturated carbocycles. The average Bonchev–Trinajstić information content (AvgIpc) is 2.25. The van der Waals surface area contributed by atoms with Gasteiger partial charge in [0.25, 0.3) is 0 Å². The highest BCUT2D eigenvalue weighted by Crippen LogP contribution is 2.20. The molecule has 0 unspecified atom stereocenters. The minimum atomic E-state index is -3.20. The van der Waals surface area contributed by atoms with Crippen LogP contribution in [0.3, 0.4) is 0 Å². The first kappa shape index (κ1) is 16.9. The molecular weight excluding hydrogens is 284 g/mol. The number of nitrogens with one attached hydrogen (secondary N) is 1. The van der Waals surface area contributed by atoms with E-state index in [0.29, 0.717) is 25.9 Å². The van der Waals surface area contributed by atoms with Gasteiger partial charge < -0.3 is 10.4 Å². The Morgan fingerprint density at radius 3 is 2.20 bits per heavy atom. The van der Waals surface area contributed by atoms with Crippen LogP contribution in [0.15, 0.2) is 0 Å². The topological polar surface area (TPSA) is 104 Å². The van der Waals surface area contributed by atoms with Crippen LogP contribution in [0.25, 0.3) is 0 Å². The number of piperidine rings is 1. The third-order valence-corrected chi connectivity index (χ3v) is 4.65. The highest BCUT2D eigenvalue weighted by atomic mass is 32.2. The second kappa shape index (κ2) is 6.09. The van der Waals surface area contributed by atoms with Crippen molar-refractivity contribution in [1.82, 2.24) is 9.62 Å². The van der Waals surface area contributed by atoms with E-state index in [4.69, 9.17) is 5.11 Å². The van der Waals surface area contributed by atoms with Gasteiger partial charge in [0.05, 0.1) is 12.7 Å². The van der Waals surface area contributed by atoms with Crippen molar-refractivity contribution in [3.8, 4) is 0 Å². The summed E-state index contributed by atoms with van der Waals surface area (Å²) < 4.78 is 24.1. The number of hydrogen-bond acceptors (Lipinski definition) is 4. The molecule has 8 heteroatoms. The molecule has 0 bridgehead atoms. The lowest BCUT2D eigenvalue weighted by Gasteiger charge is -2.32. The molecular formula is C12H22N2O5S. The first-order chi connectivity index (χ1) is 9.01. The maximum Gasteiger partial charge on any atom is 0.305 e. The highest BCUT2D eigenvalue weighted by molar-refractivity contribution is 7.88. The molecule has 1 aliphatic heterocycles. The fraction of sp³-hybridized carbons (Fsp3) is 0.833. The van der Waals surface area contributed by atoms with Crippen LogP contribution in [0.2, 0.25) is 0 Å². The molecule has 1 amide bonds. The SMILES string of the molecule is CC(C)(CC(=O)O)NC(=O)C1CCN(S(C)(=O)=O)CC1. The lowest BCUT2D eigenvalue weighted by Crippen LogP contribution is -2.49. The summed E-state index contributed by atoms with van der Waals surface area (Å²) in [7, 11) is -3.20. The van der Waals surface area contributed by atoms with Gasteiger partial charge in [0.2, 0.25) is 15.9 Å². The Kier molecular flexibility index (Phi) is 5.15. The van der Waals surface area contributed by atoms with Crippen LogP contribution in [0.1, 0.15) is 33.1 Å². The van der Waals surface area contributed by atoms with Gasteiger partial charge in [0, 0.05) is 24.5 Å². The first-order valence-corrected chi connectivity index (χ1v) is 8.35. The van der Waals surface area contributed by atoms with Gasteiger partial charge in [-0.1, -0.05) is 0 Å². The third kappa shape index (κ3) is 5.09. The van der Waals surface area contributed by atoms with Crippen molar-refractivity contribution in [2.24, 2.45) is 5.92 Å². The van der Waals surface area contributed by atoms with E-state index in [9.17, 15) is 18.0 Å². The van der Waals surface area contributed by atoms with Crippen molar-refractivity contribution >= 4 is 21.9 Å². The molecule has 2 N–H and O–H groups in total. The number of carbonyl (C=O) groups excluding carboxylic acids is 1. The van der Waals surface area contributed by atoms with Gasteiger partial charge in [-0.05, 0) is 26.7 Å². The van der Waals surface area contributed by atoms with Gasteiger partial charge in [0.15, 0.2) is 0 Å². The number of hydrogen-bond donors (Lipinski definition) is 2. The number of amides is 1. The van der Waals surface area contributed by atoms with Gasteiger partial charge in [-0.3, -0.25) is 9.59 Å². The largest absolute Gasteiger partial charge is 0.481 e. The van der Waals surface area contributed by atoms with E-state index in [-0.39, 0.29) is 18.2 Å². The predicted octanol–water partition coefficient (Wildman–Crippen LogP) is 0.0275. The molecule has 1 aliphatic rings. The molecule has 20 heavy (non-hydrogen) atoms. The zero-order valence-electron chi connectivity index (χ0n) is 12.0. The maximum absolute atomic E-state index is 12.1. The van der Waals surface area contributed by atoms with Gasteiger partial charge in [0.1, 0.15) is 0 Å². The smallest absolute Gasteiger partial charge is 0.305 e. The third-order valence-electron chi connectivity index (χ3n) is 3.35. The van der Waals surface area contributed by atoms with Gasteiger partial charge in [-0.25, -0.2) is 12.7 Å². The summed E-state index contributed by atoms with van der Waals surface area (Å²) in [5, 5.41) is 11.5. The molecule has 0 atom stereocenters. The molecule has 0 aliphatic carbocycles. The van der Waals surface area contributed by atoms with E-state index in [0.717, 1.165) is 6.26 Å². The molecule has 1 fully saturated rings. The highest BCUT2D eigenvalue weighted by Gasteiger charge is 2.32. The van der Waals surface area contributed by atoms with Gasteiger partial charge in [-0.15, -0.1) is 0 Å². The van der Waals surface area contributed by atoms with Crippen molar-refractivity contribution < 1.29 is 23.1 Å². The molecule has 0 spiro atoms. The average molecular weight is 306 g/mol. The minimum absolute atomic E-state index is 0.152. The number of rotatable bonds is 5. The molecule has 1 rings (SSSR count). The quantitative estimate of drug-likeness (QED) is 0.745. The lowest BCUT2D eigenvalue weighted by molar-refractivity contribution is -0.139. The van der Waals surface area contributed by atoms with Crippen LogP contribution >= 0.6 is 0 Å². The molecule has 1 heterocycles. The summed E-state index contributed by atoms with van der Waals surface area (Å²) >= 11 is 0. The second-order valence-corrected chi connectivity index (χ2v) is 7.86. The molecule has 0 radical (unpaired) electrons. The molecule has 0 aromatic heterocycles. The Morgan fingerprint density at radius 2 is 1.80 bits per heavy atom. The Bertz CT molecular complexity index is 478. The van der Waals surface area contributed by atoms with Crippen LogP contribution in [0, 0.1) is 5.92 Å². The Balaban J connectivity index is 2.53. The van der Waals surface area contributed by atoms with Crippen molar-refractivity contribution in [3.63, 3.8) is 0 Å². The van der Waals surface area contributed by atoms with Crippen LogP contribution in [0.4, 0.5) is 0 Å². The molecule has 7 nitrogen and oxygen atoms in total. The molecule has 0 aromatic rings. The van der Waals surface area contributed by atoms with Crippen LogP contribution in [-0.4, -0.2) is 54.6 Å².